The number of amides is 1. The summed E-state index contributed by atoms with van der Waals surface area (Å²) < 4.78 is 28.1. The Morgan fingerprint density at radius 1 is 0.818 bits per heavy atom. The minimum Gasteiger partial charge on any atom is -0.463 e. The van der Waals surface area contributed by atoms with E-state index in [0.29, 0.717) is 31.6 Å². The number of nitrogens with zero attached hydrogens (tertiary/aromatic N) is 2. The van der Waals surface area contributed by atoms with Crippen molar-refractivity contribution in [2.75, 3.05) is 26.0 Å². The van der Waals surface area contributed by atoms with E-state index in [1.54, 1.807) is 11.9 Å². The lowest BCUT2D eigenvalue weighted by molar-refractivity contribution is -0.237. The Bertz CT molecular complexity index is 2590. The summed E-state index contributed by atoms with van der Waals surface area (Å²) in [6.45, 7) is 22.0. The van der Waals surface area contributed by atoms with E-state index in [1.165, 1.54) is 61.7 Å². The Kier molecular flexibility index (Phi) is 16.1. The van der Waals surface area contributed by atoms with Crippen LogP contribution in [0, 0.1) is 20.8 Å². The number of carbonyl (C=O) groups is 5. The molecule has 354 valence electrons. The van der Waals surface area contributed by atoms with Crippen LogP contribution in [-0.4, -0.2) is 105 Å². The van der Waals surface area contributed by atoms with Gasteiger partial charge in [0, 0.05) is 98.6 Å². The van der Waals surface area contributed by atoms with Crippen LogP contribution in [-0.2, 0) is 47.7 Å². The van der Waals surface area contributed by atoms with Crippen LogP contribution in [0.15, 0.2) is 36.9 Å². The predicted molar refractivity (Wildman–Crippen MR) is 257 cm³/mol. The number of hydrogen-bond acceptors (Lipinski definition) is 12. The Morgan fingerprint density at radius 3 is 2.11 bits per heavy atom. The van der Waals surface area contributed by atoms with Crippen LogP contribution >= 0.6 is 11.8 Å². The van der Waals surface area contributed by atoms with Gasteiger partial charge in [-0.15, -0.1) is 11.8 Å². The van der Waals surface area contributed by atoms with Crippen molar-refractivity contribution in [2.24, 2.45) is 0 Å². The molecule has 6 rings (SSSR count). The molecular weight excluding hydrogens is 861 g/mol. The summed E-state index contributed by atoms with van der Waals surface area (Å²) in [6, 6.07) is 11.1. The highest BCUT2D eigenvalue weighted by molar-refractivity contribution is 7.99. The molecule has 0 aromatic carbocycles. The monoisotopic (exact) mass is 924 g/mol. The highest BCUT2D eigenvalue weighted by atomic mass is 32.2. The summed E-state index contributed by atoms with van der Waals surface area (Å²) in [5, 5.41) is 0. The molecule has 1 amide bonds. The van der Waals surface area contributed by atoms with Gasteiger partial charge in [-0.2, -0.15) is 0 Å². The maximum absolute atomic E-state index is 13.9. The van der Waals surface area contributed by atoms with Gasteiger partial charge in [-0.3, -0.25) is 29.0 Å². The number of esters is 4. The molecule has 3 aromatic heterocycles. The molecule has 1 saturated heterocycles. The maximum Gasteiger partial charge on any atom is 0.303 e. The van der Waals surface area contributed by atoms with Crippen molar-refractivity contribution in [3.8, 4) is 0 Å². The first-order valence-corrected chi connectivity index (χ1v) is 23.7. The standard InChI is InChI=1S/C51H64N4O10S/c1-13-37-27(4)35-21-36(37)23-40-26(3)20-41(52-40)30(7)47-39(29(6)43(54-47)24-42-28(5)38(14-2)44(22-35)53-42)16-17-46(60)55(12)18-15-19-66-51-50(64-34(11)59)49(63-33(10)58)48(62-32(9)57)45(65-51)25-61-31(8)56/h14,20-24,29,39,45,48-53H,2,13,15-19,25H2,1,3-12H3/t29-,39-,45+,48+,49-,50+,51-/m0/s1. The van der Waals surface area contributed by atoms with Crippen LogP contribution in [0.1, 0.15) is 131 Å². The number of rotatable bonds is 15. The second-order valence-corrected chi connectivity index (χ2v) is 18.7. The van der Waals surface area contributed by atoms with Crippen molar-refractivity contribution < 1.29 is 47.7 Å². The summed E-state index contributed by atoms with van der Waals surface area (Å²) >= 11 is 1.29. The predicted octanol–water partition coefficient (Wildman–Crippen LogP) is 9.16. The number of fused-ring (bicyclic) bond motifs is 8. The smallest absolute Gasteiger partial charge is 0.303 e. The van der Waals surface area contributed by atoms with Crippen molar-refractivity contribution in [2.45, 2.75) is 137 Å². The average molecular weight is 925 g/mol. The van der Waals surface area contributed by atoms with Crippen LogP contribution in [0.3, 0.4) is 0 Å². The highest BCUT2D eigenvalue weighted by Gasteiger charge is 2.52. The third-order valence-corrected chi connectivity index (χ3v) is 14.1. The van der Waals surface area contributed by atoms with Gasteiger partial charge in [0.2, 0.25) is 5.91 Å². The Balaban J connectivity index is 1.21. The second kappa shape index (κ2) is 21.3. The molecular formula is C51H64N4O10S. The van der Waals surface area contributed by atoms with Gasteiger partial charge in [-0.25, -0.2) is 0 Å². The molecule has 0 unspecified atom stereocenters. The Hall–Kier alpha value is -5.67. The van der Waals surface area contributed by atoms with Crippen molar-refractivity contribution in [1.82, 2.24) is 19.9 Å². The van der Waals surface area contributed by atoms with E-state index in [4.69, 9.17) is 28.7 Å². The fourth-order valence-electron chi connectivity index (χ4n) is 9.30. The molecule has 8 bridgehead atoms. The zero-order valence-corrected chi connectivity index (χ0v) is 40.9. The molecule has 3 aromatic rings. The molecule has 5 heterocycles. The molecule has 66 heavy (non-hydrogen) atoms. The third kappa shape index (κ3) is 11.1. The van der Waals surface area contributed by atoms with Crippen LogP contribution in [0.5, 0.6) is 0 Å². The van der Waals surface area contributed by atoms with Gasteiger partial charge in [0.05, 0.1) is 0 Å². The van der Waals surface area contributed by atoms with Crippen LogP contribution in [0.4, 0.5) is 0 Å². The number of thioether (sulfide) groups is 1. The molecule has 0 saturated carbocycles. The zero-order valence-electron chi connectivity index (χ0n) is 40.0. The van der Waals surface area contributed by atoms with Gasteiger partial charge in [0.1, 0.15) is 18.1 Å². The normalized spacial score (nSPS) is 21.5. The lowest BCUT2D eigenvalue weighted by Crippen LogP contribution is -2.61. The number of carbonyl (C=O) groups excluding carboxylic acids is 5. The molecule has 0 spiro atoms. The van der Waals surface area contributed by atoms with Crippen LogP contribution in [0.2, 0.25) is 0 Å². The first-order valence-electron chi connectivity index (χ1n) is 22.6. The molecule has 14 nitrogen and oxygen atoms in total. The van der Waals surface area contributed by atoms with E-state index >= 15 is 0 Å². The lowest BCUT2D eigenvalue weighted by Gasteiger charge is -2.44. The molecule has 1 aliphatic carbocycles. The van der Waals surface area contributed by atoms with Gasteiger partial charge in [-0.05, 0) is 122 Å². The molecule has 3 aliphatic rings. The average Bonchev–Trinajstić information content (AvgIpc) is 3.96. The summed E-state index contributed by atoms with van der Waals surface area (Å²) in [4.78, 5) is 76.7. The van der Waals surface area contributed by atoms with E-state index in [2.05, 4.69) is 88.4 Å². The van der Waals surface area contributed by atoms with E-state index in [0.717, 1.165) is 62.1 Å². The number of ether oxygens (including phenoxy) is 5. The number of aromatic amines is 2. The lowest BCUT2D eigenvalue weighted by atomic mass is 9.86. The van der Waals surface area contributed by atoms with Gasteiger partial charge in [-0.1, -0.05) is 26.5 Å². The van der Waals surface area contributed by atoms with E-state index in [1.807, 2.05) is 6.08 Å². The topological polar surface area (TPSA) is 179 Å². The molecule has 0 radical (unpaired) electrons. The fraction of sp³-hybridized carbons (Fsp3) is 0.490. The second-order valence-electron chi connectivity index (χ2n) is 17.5. The summed E-state index contributed by atoms with van der Waals surface area (Å²) in [7, 11) is 1.78. The number of aryl methyl sites for hydroxylation is 3. The van der Waals surface area contributed by atoms with Crippen molar-refractivity contribution in [3.05, 3.63) is 81.7 Å². The van der Waals surface area contributed by atoms with Crippen molar-refractivity contribution in [3.63, 3.8) is 0 Å². The number of aromatic nitrogens is 3. The molecule has 15 heteroatoms. The van der Waals surface area contributed by atoms with Gasteiger partial charge < -0.3 is 38.6 Å². The van der Waals surface area contributed by atoms with Crippen molar-refractivity contribution >= 4 is 80.8 Å². The SMILES string of the molecule is C=Cc1c(C)c2cc3nc(c(C)c4cc(C)c(cc5cc(cc1[nH]2)C(C)=C5CC)[nH]4)[C@@H](CCC(=O)N(C)CCCS[C@@H]1O[C@H](COC(C)=O)[C@@H](OC(C)=O)[C@H](OC(C)=O)[C@H]1OC(C)=O)[C@@H]3C. The quantitative estimate of drug-likeness (QED) is 0.0840. The first-order chi connectivity index (χ1) is 31.3. The van der Waals surface area contributed by atoms with Crippen LogP contribution in [0.25, 0.3) is 39.3 Å². The molecule has 2 aliphatic heterocycles. The number of H-pyrrole nitrogens is 2. The number of allylic oxidation sites excluding steroid dienone is 2. The highest BCUT2D eigenvalue weighted by Crippen LogP contribution is 2.43. The van der Waals surface area contributed by atoms with Gasteiger partial charge in [0.15, 0.2) is 18.3 Å². The summed E-state index contributed by atoms with van der Waals surface area (Å²) in [5.74, 6) is -2.18. The van der Waals surface area contributed by atoms with E-state index in [-0.39, 0.29) is 24.3 Å². The minimum absolute atomic E-state index is 0.00755. The van der Waals surface area contributed by atoms with E-state index < -0.39 is 53.7 Å². The fourth-order valence-corrected chi connectivity index (χ4v) is 10.4. The zero-order chi connectivity index (χ0) is 48.1. The van der Waals surface area contributed by atoms with Crippen LogP contribution < -0.4 is 0 Å². The summed E-state index contributed by atoms with van der Waals surface area (Å²) in [6.07, 6.45) is -0.363. The molecule has 7 atom stereocenters. The van der Waals surface area contributed by atoms with Crippen molar-refractivity contribution in [1.29, 1.82) is 0 Å². The Labute approximate surface area is 391 Å². The third-order valence-electron chi connectivity index (χ3n) is 12.8. The molecule has 2 N–H and O–H groups in total. The summed E-state index contributed by atoms with van der Waals surface area (Å²) in [5.41, 5.74) is 14.4. The number of nitrogens with one attached hydrogen (secondary N) is 2. The minimum atomic E-state index is -1.24. The first kappa shape index (κ1) is 49.8. The molecule has 1 fully saturated rings. The Morgan fingerprint density at radius 2 is 1.45 bits per heavy atom. The van der Waals surface area contributed by atoms with Gasteiger partial charge in [0.25, 0.3) is 0 Å². The largest absolute Gasteiger partial charge is 0.463 e. The maximum atomic E-state index is 13.9. The van der Waals surface area contributed by atoms with Gasteiger partial charge >= 0.3 is 23.9 Å². The number of hydrogen-bond donors (Lipinski definition) is 2. The van der Waals surface area contributed by atoms with E-state index in [9.17, 15) is 24.0 Å².